The molecule has 0 fully saturated rings. The summed E-state index contributed by atoms with van der Waals surface area (Å²) >= 11 is 0. The van der Waals surface area contributed by atoms with Crippen LogP contribution >= 0.6 is 0 Å². The van der Waals surface area contributed by atoms with Crippen LogP contribution in [0.4, 0.5) is 0 Å². The molecule has 0 amide bonds. The Bertz CT molecular complexity index is 559. The molecule has 92 valence electrons. The minimum Gasteiger partial charge on any atom is -0.375 e. The van der Waals surface area contributed by atoms with Crippen molar-refractivity contribution in [1.29, 1.82) is 0 Å². The normalized spacial score (nSPS) is 12.2. The Morgan fingerprint density at radius 1 is 1.11 bits per heavy atom. The molecule has 2 aromatic rings. The molecule has 0 radical (unpaired) electrons. The lowest BCUT2D eigenvalue weighted by molar-refractivity contribution is 0.101. The molecular weight excluding hydrogens is 226 g/mol. The van der Waals surface area contributed by atoms with Gasteiger partial charge in [-0.2, -0.15) is 0 Å². The minimum atomic E-state index is -0.956. The molecular formula is C15H15NO2. The van der Waals surface area contributed by atoms with E-state index in [1.54, 1.807) is 25.1 Å². The first kappa shape index (κ1) is 12.5. The van der Waals surface area contributed by atoms with E-state index in [1.807, 2.05) is 30.3 Å². The van der Waals surface area contributed by atoms with Crippen molar-refractivity contribution in [2.24, 2.45) is 5.73 Å². The zero-order valence-corrected chi connectivity index (χ0v) is 10.1. The van der Waals surface area contributed by atoms with Crippen LogP contribution in [0.1, 0.15) is 29.1 Å². The number of nitrogens with two attached hydrogens (primary N) is 1. The Hall–Kier alpha value is -1.97. The van der Waals surface area contributed by atoms with Gasteiger partial charge < -0.3 is 10.8 Å². The summed E-state index contributed by atoms with van der Waals surface area (Å²) in [6, 6.07) is 14.8. The van der Waals surface area contributed by atoms with Gasteiger partial charge in [-0.3, -0.25) is 4.79 Å². The number of ketones is 1. The van der Waals surface area contributed by atoms with E-state index in [4.69, 9.17) is 5.73 Å². The molecule has 2 aromatic carbocycles. The molecule has 0 heterocycles. The summed E-state index contributed by atoms with van der Waals surface area (Å²) < 4.78 is 0. The number of carbonyl (C=O) groups excluding carboxylic acids is 1. The van der Waals surface area contributed by atoms with Crippen LogP contribution in [-0.2, 0) is 0 Å². The zero-order chi connectivity index (χ0) is 13.1. The summed E-state index contributed by atoms with van der Waals surface area (Å²) in [6.45, 7) is 1.55. The summed E-state index contributed by atoms with van der Waals surface area (Å²) in [5.41, 5.74) is 8.70. The van der Waals surface area contributed by atoms with Gasteiger partial charge in [0.15, 0.2) is 5.78 Å². The summed E-state index contributed by atoms with van der Waals surface area (Å²) in [5, 5.41) is 9.24. The summed E-state index contributed by atoms with van der Waals surface area (Å²) in [5.74, 6) is 0.0471. The van der Waals surface area contributed by atoms with Crippen LogP contribution in [0.15, 0.2) is 48.5 Å². The smallest absolute Gasteiger partial charge is 0.159 e. The average Bonchev–Trinajstić information content (AvgIpc) is 2.39. The number of hydrogen-bond donors (Lipinski definition) is 2. The molecule has 0 saturated carbocycles. The molecule has 3 heteroatoms. The summed E-state index contributed by atoms with van der Waals surface area (Å²) in [7, 11) is 0. The van der Waals surface area contributed by atoms with Crippen molar-refractivity contribution in [2.45, 2.75) is 13.2 Å². The fraction of sp³-hybridized carbons (Fsp3) is 0.133. The van der Waals surface area contributed by atoms with E-state index in [9.17, 15) is 9.90 Å². The number of benzene rings is 2. The minimum absolute atomic E-state index is 0.0471. The van der Waals surface area contributed by atoms with E-state index < -0.39 is 6.23 Å². The second-order valence-electron chi connectivity index (χ2n) is 4.20. The third-order valence-corrected chi connectivity index (χ3v) is 2.85. The van der Waals surface area contributed by atoms with Gasteiger partial charge in [-0.05, 0) is 29.7 Å². The standard InChI is InChI=1S/C15H15NO2/c1-10(17)13-3-2-4-14(9-13)11-5-7-12(8-6-11)15(16)18/h2-9,15,18H,16H2,1H3. The molecule has 0 bridgehead atoms. The number of Topliss-reactive ketones (excluding diaryl/α,β-unsaturated/α-hetero) is 1. The highest BCUT2D eigenvalue weighted by Crippen LogP contribution is 2.22. The molecule has 3 N–H and O–H groups in total. The van der Waals surface area contributed by atoms with Crippen molar-refractivity contribution in [3.05, 3.63) is 59.7 Å². The average molecular weight is 241 g/mol. The third-order valence-electron chi connectivity index (χ3n) is 2.85. The Balaban J connectivity index is 2.36. The quantitative estimate of drug-likeness (QED) is 0.641. The highest BCUT2D eigenvalue weighted by molar-refractivity contribution is 5.95. The van der Waals surface area contributed by atoms with Crippen LogP contribution in [0.5, 0.6) is 0 Å². The first-order chi connectivity index (χ1) is 8.58. The number of rotatable bonds is 3. The fourth-order valence-electron chi connectivity index (χ4n) is 1.79. The Kier molecular flexibility index (Phi) is 3.55. The lowest BCUT2D eigenvalue weighted by Gasteiger charge is -2.07. The molecule has 0 aliphatic heterocycles. The van der Waals surface area contributed by atoms with Crippen molar-refractivity contribution < 1.29 is 9.90 Å². The number of hydrogen-bond acceptors (Lipinski definition) is 3. The van der Waals surface area contributed by atoms with Gasteiger partial charge in [-0.15, -0.1) is 0 Å². The maximum absolute atomic E-state index is 11.3. The van der Waals surface area contributed by atoms with Gasteiger partial charge in [0, 0.05) is 5.56 Å². The maximum Gasteiger partial charge on any atom is 0.159 e. The van der Waals surface area contributed by atoms with Gasteiger partial charge >= 0.3 is 0 Å². The molecule has 2 rings (SSSR count). The Morgan fingerprint density at radius 3 is 2.33 bits per heavy atom. The fourth-order valence-corrected chi connectivity index (χ4v) is 1.79. The van der Waals surface area contributed by atoms with E-state index in [0.29, 0.717) is 11.1 Å². The largest absolute Gasteiger partial charge is 0.375 e. The van der Waals surface area contributed by atoms with Crippen molar-refractivity contribution >= 4 is 5.78 Å². The summed E-state index contributed by atoms with van der Waals surface area (Å²) in [6.07, 6.45) is -0.956. The molecule has 1 atom stereocenters. The zero-order valence-electron chi connectivity index (χ0n) is 10.1. The first-order valence-corrected chi connectivity index (χ1v) is 5.73. The first-order valence-electron chi connectivity index (χ1n) is 5.73. The Morgan fingerprint density at radius 2 is 1.78 bits per heavy atom. The molecule has 0 aliphatic carbocycles. The second-order valence-corrected chi connectivity index (χ2v) is 4.20. The number of aliphatic hydroxyl groups is 1. The molecule has 18 heavy (non-hydrogen) atoms. The monoisotopic (exact) mass is 241 g/mol. The van der Waals surface area contributed by atoms with E-state index in [-0.39, 0.29) is 5.78 Å². The van der Waals surface area contributed by atoms with Gasteiger partial charge in [0.2, 0.25) is 0 Å². The van der Waals surface area contributed by atoms with Crippen LogP contribution in [0.3, 0.4) is 0 Å². The third kappa shape index (κ3) is 2.64. The number of carbonyl (C=O) groups is 1. The van der Waals surface area contributed by atoms with Crippen LogP contribution in [0, 0.1) is 0 Å². The van der Waals surface area contributed by atoms with Gasteiger partial charge in [-0.1, -0.05) is 42.5 Å². The summed E-state index contributed by atoms with van der Waals surface area (Å²) in [4.78, 5) is 11.3. The van der Waals surface area contributed by atoms with Crippen LogP contribution in [0.25, 0.3) is 11.1 Å². The van der Waals surface area contributed by atoms with Crippen LogP contribution < -0.4 is 5.73 Å². The van der Waals surface area contributed by atoms with E-state index in [2.05, 4.69) is 0 Å². The topological polar surface area (TPSA) is 63.3 Å². The molecule has 0 saturated heterocycles. The van der Waals surface area contributed by atoms with E-state index >= 15 is 0 Å². The van der Waals surface area contributed by atoms with Crippen LogP contribution in [-0.4, -0.2) is 10.9 Å². The van der Waals surface area contributed by atoms with E-state index in [1.165, 1.54) is 0 Å². The highest BCUT2D eigenvalue weighted by atomic mass is 16.3. The SMILES string of the molecule is CC(=O)c1cccc(-c2ccc(C(N)O)cc2)c1. The predicted molar refractivity (Wildman–Crippen MR) is 71.0 cm³/mol. The molecule has 1 unspecified atom stereocenters. The van der Waals surface area contributed by atoms with Crippen molar-refractivity contribution in [3.8, 4) is 11.1 Å². The maximum atomic E-state index is 11.3. The Labute approximate surface area is 106 Å². The van der Waals surface area contributed by atoms with Gasteiger partial charge in [0.1, 0.15) is 6.23 Å². The molecule has 0 aromatic heterocycles. The lowest BCUT2D eigenvalue weighted by atomic mass is 10.0. The number of aliphatic hydroxyl groups excluding tert-OH is 1. The predicted octanol–water partition coefficient (Wildman–Crippen LogP) is 2.51. The van der Waals surface area contributed by atoms with Crippen LogP contribution in [0.2, 0.25) is 0 Å². The van der Waals surface area contributed by atoms with Crippen molar-refractivity contribution in [3.63, 3.8) is 0 Å². The molecule has 3 nitrogen and oxygen atoms in total. The van der Waals surface area contributed by atoms with Gasteiger partial charge in [-0.25, -0.2) is 0 Å². The highest BCUT2D eigenvalue weighted by Gasteiger charge is 2.04. The molecule has 0 spiro atoms. The van der Waals surface area contributed by atoms with E-state index in [0.717, 1.165) is 11.1 Å². The lowest BCUT2D eigenvalue weighted by Crippen LogP contribution is -2.07. The van der Waals surface area contributed by atoms with Gasteiger partial charge in [0.25, 0.3) is 0 Å². The second kappa shape index (κ2) is 5.12. The van der Waals surface area contributed by atoms with Crippen molar-refractivity contribution in [2.75, 3.05) is 0 Å². The van der Waals surface area contributed by atoms with Gasteiger partial charge in [0.05, 0.1) is 0 Å². The van der Waals surface area contributed by atoms with Crippen molar-refractivity contribution in [1.82, 2.24) is 0 Å². The molecule has 0 aliphatic rings.